The summed E-state index contributed by atoms with van der Waals surface area (Å²) >= 11 is 3.36. The highest BCUT2D eigenvalue weighted by Gasteiger charge is 2.10. The number of anilines is 1. The molecule has 3 N–H and O–H groups in total. The van der Waals surface area contributed by atoms with Gasteiger partial charge in [0.15, 0.2) is 0 Å². The third kappa shape index (κ3) is 3.00. The largest absolute Gasteiger partial charge is 0.326 e. The number of benzene rings is 1. The summed E-state index contributed by atoms with van der Waals surface area (Å²) in [5.74, 6) is -0.561. The molecule has 19 heavy (non-hydrogen) atoms. The Morgan fingerprint density at radius 3 is 2.68 bits per heavy atom. The lowest BCUT2D eigenvalue weighted by atomic mass is 10.2. The van der Waals surface area contributed by atoms with Crippen LogP contribution in [0.4, 0.5) is 5.69 Å². The van der Waals surface area contributed by atoms with E-state index in [1.54, 1.807) is 12.1 Å². The van der Waals surface area contributed by atoms with Crippen LogP contribution >= 0.6 is 15.9 Å². The van der Waals surface area contributed by atoms with E-state index < -0.39 is 17.2 Å². The molecule has 1 aromatic heterocycles. The Morgan fingerprint density at radius 2 is 2.00 bits per heavy atom. The van der Waals surface area contributed by atoms with E-state index in [0.29, 0.717) is 5.69 Å². The van der Waals surface area contributed by atoms with Gasteiger partial charge in [0.2, 0.25) is 0 Å². The quantitative estimate of drug-likeness (QED) is 0.779. The minimum Gasteiger partial charge on any atom is -0.320 e. The lowest BCUT2D eigenvalue weighted by Crippen LogP contribution is -2.27. The summed E-state index contributed by atoms with van der Waals surface area (Å²) in [5, 5.41) is 2.61. The molecule has 1 amide bonds. The predicted octanol–water partition coefficient (Wildman–Crippen LogP) is 1.39. The van der Waals surface area contributed by atoms with Crippen molar-refractivity contribution in [2.24, 2.45) is 0 Å². The normalized spacial score (nSPS) is 10.2. The van der Waals surface area contributed by atoms with Crippen molar-refractivity contribution in [1.82, 2.24) is 9.97 Å². The Balaban J connectivity index is 2.33. The molecular formula is C12H10BrN3O3. The number of hydrogen-bond donors (Lipinski definition) is 3. The predicted molar refractivity (Wildman–Crippen MR) is 74.5 cm³/mol. The van der Waals surface area contributed by atoms with Gasteiger partial charge in [0.25, 0.3) is 11.5 Å². The second kappa shape index (κ2) is 5.23. The molecule has 0 spiro atoms. The van der Waals surface area contributed by atoms with Crippen LogP contribution in [0, 0.1) is 6.92 Å². The molecule has 98 valence electrons. The molecule has 1 heterocycles. The Hall–Kier alpha value is -2.15. The molecule has 0 bridgehead atoms. The first kappa shape index (κ1) is 13.3. The van der Waals surface area contributed by atoms with Crippen molar-refractivity contribution >= 4 is 27.5 Å². The average Bonchev–Trinajstić information content (AvgIpc) is 2.33. The van der Waals surface area contributed by atoms with E-state index in [9.17, 15) is 14.4 Å². The monoisotopic (exact) mass is 323 g/mol. The maximum atomic E-state index is 11.9. The first-order valence-electron chi connectivity index (χ1n) is 5.37. The van der Waals surface area contributed by atoms with E-state index in [4.69, 9.17) is 0 Å². The highest BCUT2D eigenvalue weighted by Crippen LogP contribution is 2.25. The third-order valence-electron chi connectivity index (χ3n) is 2.44. The Bertz CT molecular complexity index is 720. The number of carbonyl (C=O) groups excluding carboxylic acids is 1. The summed E-state index contributed by atoms with van der Waals surface area (Å²) in [6, 6.07) is 6.41. The van der Waals surface area contributed by atoms with E-state index in [1.807, 2.05) is 18.0 Å². The van der Waals surface area contributed by atoms with Gasteiger partial charge in [-0.15, -0.1) is 0 Å². The van der Waals surface area contributed by atoms with E-state index in [0.717, 1.165) is 16.1 Å². The van der Waals surface area contributed by atoms with Gasteiger partial charge in [-0.1, -0.05) is 12.1 Å². The summed E-state index contributed by atoms with van der Waals surface area (Å²) in [7, 11) is 0. The minimum absolute atomic E-state index is 0.0952. The highest BCUT2D eigenvalue weighted by molar-refractivity contribution is 9.10. The number of carbonyl (C=O) groups is 1. The Kier molecular flexibility index (Phi) is 3.66. The molecule has 6 nitrogen and oxygen atoms in total. The molecule has 0 radical (unpaired) electrons. The van der Waals surface area contributed by atoms with Gasteiger partial charge in [0.1, 0.15) is 5.69 Å². The fourth-order valence-electron chi connectivity index (χ4n) is 1.52. The number of aromatic nitrogens is 2. The van der Waals surface area contributed by atoms with Crippen molar-refractivity contribution < 1.29 is 4.79 Å². The van der Waals surface area contributed by atoms with Crippen molar-refractivity contribution in [3.05, 3.63) is 60.8 Å². The lowest BCUT2D eigenvalue weighted by molar-refractivity contribution is 0.102. The van der Waals surface area contributed by atoms with E-state index in [1.165, 1.54) is 0 Å². The van der Waals surface area contributed by atoms with Crippen molar-refractivity contribution in [1.29, 1.82) is 0 Å². The Morgan fingerprint density at radius 1 is 1.26 bits per heavy atom. The molecule has 0 unspecified atom stereocenters. The van der Waals surface area contributed by atoms with Crippen LogP contribution in [0.15, 0.2) is 38.3 Å². The second-order valence-corrected chi connectivity index (χ2v) is 4.68. The number of rotatable bonds is 2. The molecular weight excluding hydrogens is 314 g/mol. The zero-order valence-corrected chi connectivity index (χ0v) is 11.5. The van der Waals surface area contributed by atoms with Crippen LogP contribution in [0.2, 0.25) is 0 Å². The smallest absolute Gasteiger partial charge is 0.320 e. The summed E-state index contributed by atoms with van der Waals surface area (Å²) in [6.45, 7) is 1.88. The second-order valence-electron chi connectivity index (χ2n) is 3.89. The maximum Gasteiger partial charge on any atom is 0.326 e. The molecule has 0 aliphatic heterocycles. The fourth-order valence-corrected chi connectivity index (χ4v) is 1.89. The first-order chi connectivity index (χ1) is 8.97. The molecule has 0 atom stereocenters. The van der Waals surface area contributed by atoms with Crippen molar-refractivity contribution in [3.8, 4) is 0 Å². The number of nitrogens with one attached hydrogen (secondary N) is 3. The number of aromatic amines is 2. The standard InChI is InChI=1S/C12H10BrN3O3/c1-6-3-2-4-7(10(6)13)14-11(18)8-5-9(17)16-12(19)15-8/h2-5H,1H3,(H,14,18)(H2,15,16,17,19). The summed E-state index contributed by atoms with van der Waals surface area (Å²) in [4.78, 5) is 38.4. The van der Waals surface area contributed by atoms with Gasteiger partial charge in [-0.25, -0.2) is 4.79 Å². The SMILES string of the molecule is Cc1cccc(NC(=O)c2cc(=O)[nH]c(=O)[nH]2)c1Br. The molecule has 0 aliphatic carbocycles. The van der Waals surface area contributed by atoms with Crippen LogP contribution in [0.25, 0.3) is 0 Å². The van der Waals surface area contributed by atoms with Gasteiger partial charge >= 0.3 is 5.69 Å². The van der Waals surface area contributed by atoms with Crippen molar-refractivity contribution in [3.63, 3.8) is 0 Å². The number of H-pyrrole nitrogens is 2. The maximum absolute atomic E-state index is 11.9. The molecule has 0 saturated carbocycles. The summed E-state index contributed by atoms with van der Waals surface area (Å²) < 4.78 is 0.746. The molecule has 0 fully saturated rings. The van der Waals surface area contributed by atoms with Gasteiger partial charge in [-0.2, -0.15) is 0 Å². The van der Waals surface area contributed by atoms with Gasteiger partial charge in [-0.3, -0.25) is 14.6 Å². The van der Waals surface area contributed by atoms with Gasteiger partial charge < -0.3 is 10.3 Å². The van der Waals surface area contributed by atoms with E-state index >= 15 is 0 Å². The summed E-state index contributed by atoms with van der Waals surface area (Å²) in [5.41, 5.74) is 0.0728. The molecule has 2 rings (SSSR count). The Labute approximate surface area is 116 Å². The van der Waals surface area contributed by atoms with Gasteiger partial charge in [-0.05, 0) is 34.5 Å². The molecule has 2 aromatic rings. The zero-order chi connectivity index (χ0) is 14.0. The summed E-state index contributed by atoms with van der Waals surface area (Å²) in [6.07, 6.45) is 0. The van der Waals surface area contributed by atoms with Crippen molar-refractivity contribution in [2.45, 2.75) is 6.92 Å². The van der Waals surface area contributed by atoms with Crippen LogP contribution in [-0.2, 0) is 0 Å². The van der Waals surface area contributed by atoms with Gasteiger partial charge in [0.05, 0.1) is 5.69 Å². The van der Waals surface area contributed by atoms with E-state index in [2.05, 4.69) is 26.2 Å². The van der Waals surface area contributed by atoms with Crippen LogP contribution in [0.3, 0.4) is 0 Å². The highest BCUT2D eigenvalue weighted by atomic mass is 79.9. The number of hydrogen-bond acceptors (Lipinski definition) is 3. The molecule has 0 saturated heterocycles. The average molecular weight is 324 g/mol. The topological polar surface area (TPSA) is 94.8 Å². The van der Waals surface area contributed by atoms with E-state index in [-0.39, 0.29) is 5.69 Å². The number of amides is 1. The third-order valence-corrected chi connectivity index (χ3v) is 3.50. The van der Waals surface area contributed by atoms with Crippen LogP contribution in [0.5, 0.6) is 0 Å². The number of halogens is 1. The molecule has 1 aromatic carbocycles. The van der Waals surface area contributed by atoms with Crippen LogP contribution < -0.4 is 16.6 Å². The van der Waals surface area contributed by atoms with Crippen LogP contribution in [0.1, 0.15) is 16.1 Å². The van der Waals surface area contributed by atoms with Gasteiger partial charge in [0, 0.05) is 10.5 Å². The number of aryl methyl sites for hydroxylation is 1. The lowest BCUT2D eigenvalue weighted by Gasteiger charge is -2.08. The van der Waals surface area contributed by atoms with Crippen LogP contribution in [-0.4, -0.2) is 15.9 Å². The molecule has 7 heteroatoms. The zero-order valence-electron chi connectivity index (χ0n) is 9.91. The minimum atomic E-state index is -0.721. The fraction of sp³-hybridized carbons (Fsp3) is 0.0833. The van der Waals surface area contributed by atoms with Crippen molar-refractivity contribution in [2.75, 3.05) is 5.32 Å². The molecule has 0 aliphatic rings. The first-order valence-corrected chi connectivity index (χ1v) is 6.17.